The highest BCUT2D eigenvalue weighted by Gasteiger charge is 2.20. The van der Waals surface area contributed by atoms with E-state index < -0.39 is 5.97 Å². The van der Waals surface area contributed by atoms with Gasteiger partial charge in [0.25, 0.3) is 5.91 Å². The number of aryl methyl sites for hydroxylation is 1. The molecule has 0 fully saturated rings. The second-order valence-corrected chi connectivity index (χ2v) is 5.61. The molecule has 0 heterocycles. The number of esters is 1. The van der Waals surface area contributed by atoms with E-state index >= 15 is 0 Å². The molecule has 0 saturated heterocycles. The van der Waals surface area contributed by atoms with E-state index in [0.717, 1.165) is 5.56 Å². The number of rotatable bonds is 5. The van der Waals surface area contributed by atoms with Crippen LogP contribution in [0.1, 0.15) is 31.8 Å². The summed E-state index contributed by atoms with van der Waals surface area (Å²) in [5, 5.41) is 0. The Bertz CT molecular complexity index is 763. The molecule has 0 unspecified atom stereocenters. The van der Waals surface area contributed by atoms with Crippen molar-refractivity contribution in [2.75, 3.05) is 20.7 Å². The number of benzene rings is 2. The molecule has 0 radical (unpaired) electrons. The van der Waals surface area contributed by atoms with Crippen LogP contribution in [0.25, 0.3) is 0 Å². The van der Waals surface area contributed by atoms with Crippen molar-refractivity contribution in [3.63, 3.8) is 0 Å². The molecular formula is C19H19NO4. The standard InChI is InChI=1S/C19H19NO4/c1-13-8-10-14(11-9-13)18(22)15-6-4-5-7-16(15)19(23)24-12-17(21)20(2)3/h4-11H,12H2,1-3H3. The summed E-state index contributed by atoms with van der Waals surface area (Å²) in [6.07, 6.45) is 0. The van der Waals surface area contributed by atoms with Crippen LogP contribution in [0.15, 0.2) is 48.5 Å². The van der Waals surface area contributed by atoms with Crippen molar-refractivity contribution < 1.29 is 19.1 Å². The Morgan fingerprint density at radius 2 is 1.50 bits per heavy atom. The summed E-state index contributed by atoms with van der Waals surface area (Å²) in [7, 11) is 3.15. The van der Waals surface area contributed by atoms with E-state index in [1.165, 1.54) is 11.0 Å². The molecular weight excluding hydrogens is 306 g/mol. The van der Waals surface area contributed by atoms with Crippen LogP contribution < -0.4 is 0 Å². The maximum Gasteiger partial charge on any atom is 0.339 e. The highest BCUT2D eigenvalue weighted by atomic mass is 16.5. The van der Waals surface area contributed by atoms with Crippen molar-refractivity contribution >= 4 is 17.7 Å². The summed E-state index contributed by atoms with van der Waals surface area (Å²) < 4.78 is 5.01. The van der Waals surface area contributed by atoms with Gasteiger partial charge in [-0.05, 0) is 13.0 Å². The van der Waals surface area contributed by atoms with E-state index in [4.69, 9.17) is 4.74 Å². The Hall–Kier alpha value is -2.95. The lowest BCUT2D eigenvalue weighted by Gasteiger charge is -2.12. The van der Waals surface area contributed by atoms with Crippen molar-refractivity contribution in [1.29, 1.82) is 0 Å². The second kappa shape index (κ2) is 7.55. The summed E-state index contributed by atoms with van der Waals surface area (Å²) in [6.45, 7) is 1.57. The zero-order valence-corrected chi connectivity index (χ0v) is 13.9. The third-order valence-corrected chi connectivity index (χ3v) is 3.53. The fourth-order valence-electron chi connectivity index (χ4n) is 2.05. The van der Waals surface area contributed by atoms with Crippen LogP contribution in [0.3, 0.4) is 0 Å². The lowest BCUT2D eigenvalue weighted by atomic mass is 9.98. The van der Waals surface area contributed by atoms with Gasteiger partial charge < -0.3 is 9.64 Å². The number of carbonyl (C=O) groups is 3. The third-order valence-electron chi connectivity index (χ3n) is 3.53. The monoisotopic (exact) mass is 325 g/mol. The topological polar surface area (TPSA) is 63.7 Å². The molecule has 24 heavy (non-hydrogen) atoms. The van der Waals surface area contributed by atoms with Crippen LogP contribution in [-0.2, 0) is 9.53 Å². The van der Waals surface area contributed by atoms with Crippen molar-refractivity contribution in [3.8, 4) is 0 Å². The zero-order valence-electron chi connectivity index (χ0n) is 13.9. The second-order valence-electron chi connectivity index (χ2n) is 5.61. The van der Waals surface area contributed by atoms with Crippen LogP contribution in [0, 0.1) is 6.92 Å². The van der Waals surface area contributed by atoms with Gasteiger partial charge >= 0.3 is 5.97 Å². The predicted octanol–water partition coefficient (Wildman–Crippen LogP) is 2.47. The number of hydrogen-bond donors (Lipinski definition) is 0. The molecule has 0 spiro atoms. The zero-order chi connectivity index (χ0) is 17.7. The minimum atomic E-state index is -0.693. The van der Waals surface area contributed by atoms with Crippen LogP contribution in [-0.4, -0.2) is 43.3 Å². The van der Waals surface area contributed by atoms with Gasteiger partial charge in [0.2, 0.25) is 0 Å². The summed E-state index contributed by atoms with van der Waals surface area (Å²) >= 11 is 0. The number of carbonyl (C=O) groups excluding carboxylic acids is 3. The Morgan fingerprint density at radius 1 is 0.917 bits per heavy atom. The molecule has 0 aromatic heterocycles. The molecule has 0 aliphatic carbocycles. The van der Waals surface area contributed by atoms with Crippen molar-refractivity contribution in [3.05, 3.63) is 70.8 Å². The Labute approximate surface area is 140 Å². The van der Waals surface area contributed by atoms with Gasteiger partial charge in [0.1, 0.15) is 0 Å². The molecule has 5 heteroatoms. The average molecular weight is 325 g/mol. The van der Waals surface area contributed by atoms with E-state index in [0.29, 0.717) is 5.56 Å². The fourth-order valence-corrected chi connectivity index (χ4v) is 2.05. The minimum Gasteiger partial charge on any atom is -0.452 e. The molecule has 0 aliphatic rings. The molecule has 2 aromatic rings. The molecule has 2 rings (SSSR count). The molecule has 5 nitrogen and oxygen atoms in total. The van der Waals surface area contributed by atoms with Gasteiger partial charge in [-0.2, -0.15) is 0 Å². The van der Waals surface area contributed by atoms with Gasteiger partial charge in [-0.25, -0.2) is 4.79 Å². The van der Waals surface area contributed by atoms with E-state index in [2.05, 4.69) is 0 Å². The van der Waals surface area contributed by atoms with Crippen LogP contribution in [0.2, 0.25) is 0 Å². The van der Waals surface area contributed by atoms with Crippen molar-refractivity contribution in [1.82, 2.24) is 4.90 Å². The predicted molar refractivity (Wildman–Crippen MR) is 90.0 cm³/mol. The Balaban J connectivity index is 2.23. The van der Waals surface area contributed by atoms with E-state index in [-0.39, 0.29) is 29.4 Å². The average Bonchev–Trinajstić information content (AvgIpc) is 2.59. The quantitative estimate of drug-likeness (QED) is 0.626. The van der Waals surface area contributed by atoms with E-state index in [1.54, 1.807) is 44.4 Å². The lowest BCUT2D eigenvalue weighted by Crippen LogP contribution is -2.28. The molecule has 0 bridgehead atoms. The van der Waals surface area contributed by atoms with Crippen LogP contribution in [0.5, 0.6) is 0 Å². The van der Waals surface area contributed by atoms with Gasteiger partial charge in [0, 0.05) is 25.2 Å². The lowest BCUT2D eigenvalue weighted by molar-refractivity contribution is -0.131. The first-order valence-electron chi connectivity index (χ1n) is 7.48. The summed E-state index contributed by atoms with van der Waals surface area (Å²) in [6, 6.07) is 13.5. The third kappa shape index (κ3) is 4.07. The molecule has 124 valence electrons. The van der Waals surface area contributed by atoms with Crippen molar-refractivity contribution in [2.24, 2.45) is 0 Å². The van der Waals surface area contributed by atoms with E-state index in [9.17, 15) is 14.4 Å². The summed E-state index contributed by atoms with van der Waals surface area (Å²) in [4.78, 5) is 37.7. The van der Waals surface area contributed by atoms with Gasteiger partial charge in [0.15, 0.2) is 12.4 Å². The number of hydrogen-bond acceptors (Lipinski definition) is 4. The first-order valence-corrected chi connectivity index (χ1v) is 7.48. The smallest absolute Gasteiger partial charge is 0.339 e. The summed E-state index contributed by atoms with van der Waals surface area (Å²) in [5.41, 5.74) is 1.94. The fraction of sp³-hybridized carbons (Fsp3) is 0.211. The Kier molecular flexibility index (Phi) is 5.47. The SMILES string of the molecule is Cc1ccc(C(=O)c2ccccc2C(=O)OCC(=O)N(C)C)cc1. The highest BCUT2D eigenvalue weighted by molar-refractivity contribution is 6.14. The van der Waals surface area contributed by atoms with Crippen LogP contribution >= 0.6 is 0 Å². The maximum atomic E-state index is 12.6. The van der Waals surface area contributed by atoms with Crippen molar-refractivity contribution in [2.45, 2.75) is 6.92 Å². The first kappa shape index (κ1) is 17.4. The molecule has 0 N–H and O–H groups in total. The molecule has 1 amide bonds. The maximum absolute atomic E-state index is 12.6. The van der Waals surface area contributed by atoms with Gasteiger partial charge in [-0.15, -0.1) is 0 Å². The molecule has 0 atom stereocenters. The molecule has 0 saturated carbocycles. The number of likely N-dealkylation sites (N-methyl/N-ethyl adjacent to an activating group) is 1. The van der Waals surface area contributed by atoms with Gasteiger partial charge in [-0.1, -0.05) is 48.0 Å². The van der Waals surface area contributed by atoms with E-state index in [1.807, 2.05) is 19.1 Å². The Morgan fingerprint density at radius 3 is 2.08 bits per heavy atom. The summed E-state index contributed by atoms with van der Waals surface area (Å²) in [5.74, 6) is -1.28. The van der Waals surface area contributed by atoms with Gasteiger partial charge in [-0.3, -0.25) is 9.59 Å². The first-order chi connectivity index (χ1) is 11.4. The number of nitrogens with zero attached hydrogens (tertiary/aromatic N) is 1. The minimum absolute atomic E-state index is 0.148. The van der Waals surface area contributed by atoms with Crippen LogP contribution in [0.4, 0.5) is 0 Å². The molecule has 0 aliphatic heterocycles. The largest absolute Gasteiger partial charge is 0.452 e. The number of amides is 1. The molecule has 2 aromatic carbocycles. The number of ketones is 1. The normalized spacial score (nSPS) is 10.1. The number of ether oxygens (including phenoxy) is 1. The van der Waals surface area contributed by atoms with Gasteiger partial charge in [0.05, 0.1) is 5.56 Å². The highest BCUT2D eigenvalue weighted by Crippen LogP contribution is 2.16.